The topological polar surface area (TPSA) is 186 Å². The number of aromatic nitrogens is 4. The van der Waals surface area contributed by atoms with Gasteiger partial charge in [0.1, 0.15) is 30.2 Å². The molecule has 0 aliphatic carbocycles. The summed E-state index contributed by atoms with van der Waals surface area (Å²) in [7, 11) is -4.88. The minimum Gasteiger partial charge on any atom is -0.394 e. The Morgan fingerprint density at radius 3 is 2.78 bits per heavy atom. The molecule has 1 fully saturated rings. The smallest absolute Gasteiger partial charge is 0.394 e. The largest absolute Gasteiger partial charge is 0.470 e. The lowest BCUT2D eigenvalue weighted by Crippen LogP contribution is -2.35. The second kappa shape index (κ2) is 5.76. The highest BCUT2D eigenvalue weighted by Crippen LogP contribution is 2.44. The predicted molar refractivity (Wildman–Crippen MR) is 73.7 cm³/mol. The van der Waals surface area contributed by atoms with E-state index < -0.39 is 39.0 Å². The molecule has 1 saturated heterocycles. The fraction of sp³-hybridized carbons (Fsp3) is 0.500. The number of imidazole rings is 1. The van der Waals surface area contributed by atoms with E-state index in [0.717, 1.165) is 0 Å². The highest BCUT2D eigenvalue weighted by Gasteiger charge is 2.48. The summed E-state index contributed by atoms with van der Waals surface area (Å²) >= 11 is 0. The summed E-state index contributed by atoms with van der Waals surface area (Å²) in [5, 5.41) is 19.6. The van der Waals surface area contributed by atoms with Gasteiger partial charge >= 0.3 is 7.82 Å². The van der Waals surface area contributed by atoms with Crippen molar-refractivity contribution in [3.8, 4) is 0 Å². The van der Waals surface area contributed by atoms with Crippen molar-refractivity contribution in [1.29, 1.82) is 0 Å². The number of fused-ring (bicyclic) bond motifs is 1. The summed E-state index contributed by atoms with van der Waals surface area (Å²) < 4.78 is 22.3. The maximum atomic E-state index is 11.0. The molecule has 0 radical (unpaired) electrons. The molecule has 0 bridgehead atoms. The van der Waals surface area contributed by atoms with Crippen LogP contribution in [0.15, 0.2) is 12.7 Å². The zero-order valence-corrected chi connectivity index (χ0v) is 12.4. The van der Waals surface area contributed by atoms with E-state index in [1.165, 1.54) is 17.2 Å². The van der Waals surface area contributed by atoms with Gasteiger partial charge in [-0.2, -0.15) is 0 Å². The lowest BCUT2D eigenvalue weighted by molar-refractivity contribution is -0.0509. The lowest BCUT2D eigenvalue weighted by atomic mass is 10.5. The number of aliphatic hydroxyl groups is 2. The Morgan fingerprint density at radius 1 is 1.39 bits per heavy atom. The van der Waals surface area contributed by atoms with E-state index in [0.29, 0.717) is 0 Å². The second-order valence-corrected chi connectivity index (χ2v) is 6.07. The van der Waals surface area contributed by atoms with Crippen molar-refractivity contribution in [2.75, 3.05) is 12.3 Å². The monoisotopic (exact) mass is 352 g/mol. The zero-order valence-electron chi connectivity index (χ0n) is 11.5. The van der Waals surface area contributed by atoms with E-state index >= 15 is 0 Å². The van der Waals surface area contributed by atoms with Crippen molar-refractivity contribution < 1.29 is 33.8 Å². The standard InChI is InChI=1S/C10H14N5O7P/c11-8-5-9(13-2-12-8)15(3-14-5)10-6(17)7(4(1-16)21-10)22-23(18,19)20/h2-4,6-7,10,16-17H,1H2,(H2,11,12,13)(H2,18,19,20)/t4-,6-,7-,10-/m1/s1/i1+1,4+1,6+1,7+1,10+1. The summed E-state index contributed by atoms with van der Waals surface area (Å²) in [5.41, 5.74) is 6.21. The van der Waals surface area contributed by atoms with Crippen molar-refractivity contribution in [1.82, 2.24) is 19.5 Å². The number of phosphoric acid groups is 1. The minimum atomic E-state index is -4.88. The summed E-state index contributed by atoms with van der Waals surface area (Å²) in [6, 6.07) is 0. The molecule has 126 valence electrons. The number of anilines is 1. The van der Waals surface area contributed by atoms with E-state index in [-0.39, 0.29) is 17.0 Å². The van der Waals surface area contributed by atoms with Crippen molar-refractivity contribution in [3.05, 3.63) is 12.7 Å². The van der Waals surface area contributed by atoms with Crippen molar-refractivity contribution >= 4 is 24.8 Å². The van der Waals surface area contributed by atoms with Gasteiger partial charge in [0.15, 0.2) is 17.7 Å². The third-order valence-corrected chi connectivity index (χ3v) is 3.93. The van der Waals surface area contributed by atoms with Crippen molar-refractivity contribution in [2.24, 2.45) is 0 Å². The van der Waals surface area contributed by atoms with E-state index in [1.807, 2.05) is 0 Å². The first-order valence-electron chi connectivity index (χ1n) is 6.43. The average Bonchev–Trinajstić information content (AvgIpc) is 3.01. The van der Waals surface area contributed by atoms with Crippen LogP contribution in [-0.4, -0.2) is 64.4 Å². The normalized spacial score (nSPS) is 28.5. The Balaban J connectivity index is 1.96. The molecule has 6 N–H and O–H groups in total. The van der Waals surface area contributed by atoms with Crippen LogP contribution in [-0.2, 0) is 13.8 Å². The molecule has 3 heterocycles. The van der Waals surface area contributed by atoms with E-state index in [9.17, 15) is 14.8 Å². The number of phosphoric ester groups is 1. The van der Waals surface area contributed by atoms with Crippen LogP contribution >= 0.6 is 7.82 Å². The predicted octanol–water partition coefficient (Wildman–Crippen LogP) is -1.86. The fourth-order valence-corrected chi connectivity index (χ4v) is 3.02. The summed E-state index contributed by atoms with van der Waals surface area (Å²) in [5.74, 6) is 0.128. The SMILES string of the molecule is Nc1ncnc2c1ncn2[13C@@H]1O[13C@H]([13CH2]O)[13C@@H](OP(=O)(O)O)[13C@H]1O. The molecule has 0 saturated carbocycles. The van der Waals surface area contributed by atoms with Gasteiger partial charge in [0, 0.05) is 0 Å². The maximum absolute atomic E-state index is 11.0. The first kappa shape index (κ1) is 16.2. The Bertz CT molecular complexity index is 763. The number of hydrogen-bond donors (Lipinski definition) is 5. The number of ether oxygens (including phenoxy) is 1. The minimum absolute atomic E-state index is 0.128. The third-order valence-electron chi connectivity index (χ3n) is 3.41. The fourth-order valence-electron chi connectivity index (χ4n) is 2.44. The number of nitrogen functional groups attached to an aromatic ring is 1. The number of nitrogens with zero attached hydrogens (tertiary/aromatic N) is 4. The Hall–Kier alpha value is -1.66. The molecule has 2 aromatic heterocycles. The molecule has 1 aliphatic heterocycles. The number of nitrogens with two attached hydrogens (primary N) is 1. The second-order valence-electron chi connectivity index (χ2n) is 4.88. The zero-order chi connectivity index (χ0) is 16.8. The van der Waals surface area contributed by atoms with Gasteiger partial charge in [-0.1, -0.05) is 0 Å². The molecule has 13 heteroatoms. The summed E-state index contributed by atoms with van der Waals surface area (Å²) in [6.45, 7) is -0.609. The first-order chi connectivity index (χ1) is 10.8. The molecule has 3 rings (SSSR count). The Labute approximate surface area is 128 Å². The van der Waals surface area contributed by atoms with Gasteiger partial charge in [0.2, 0.25) is 0 Å². The molecule has 2 aromatic rings. The molecule has 23 heavy (non-hydrogen) atoms. The summed E-state index contributed by atoms with van der Waals surface area (Å²) in [4.78, 5) is 29.6. The van der Waals surface area contributed by atoms with Gasteiger partial charge in [-0.15, -0.1) is 0 Å². The molecule has 4 atom stereocenters. The van der Waals surface area contributed by atoms with Crippen molar-refractivity contribution in [2.45, 2.75) is 24.5 Å². The van der Waals surface area contributed by atoms with Crippen LogP contribution in [0, 0.1) is 0 Å². The average molecular weight is 352 g/mol. The van der Waals surface area contributed by atoms with Crippen LogP contribution in [0.1, 0.15) is 6.23 Å². The first-order valence-corrected chi connectivity index (χ1v) is 7.96. The number of aliphatic hydroxyl groups excluding tert-OH is 2. The van der Waals surface area contributed by atoms with Gasteiger partial charge in [-0.3, -0.25) is 9.09 Å². The van der Waals surface area contributed by atoms with Gasteiger partial charge < -0.3 is 30.5 Å². The van der Waals surface area contributed by atoms with Crippen LogP contribution in [0.25, 0.3) is 11.2 Å². The van der Waals surface area contributed by atoms with Crippen LogP contribution in [0.4, 0.5) is 5.82 Å². The maximum Gasteiger partial charge on any atom is 0.470 e. The van der Waals surface area contributed by atoms with E-state index in [2.05, 4.69) is 19.5 Å². The summed E-state index contributed by atoms with van der Waals surface area (Å²) in [6.07, 6.45) is -2.68. The van der Waals surface area contributed by atoms with Crippen LogP contribution in [0.3, 0.4) is 0 Å². The van der Waals surface area contributed by atoms with Crippen LogP contribution < -0.4 is 5.73 Å². The van der Waals surface area contributed by atoms with Gasteiger partial charge in [0.25, 0.3) is 0 Å². The van der Waals surface area contributed by atoms with Crippen LogP contribution in [0.2, 0.25) is 0 Å². The van der Waals surface area contributed by atoms with E-state index in [1.54, 1.807) is 0 Å². The van der Waals surface area contributed by atoms with Gasteiger partial charge in [0.05, 0.1) is 12.9 Å². The molecular formula is C10H14N5O7P. The molecule has 1 aliphatic rings. The number of rotatable bonds is 4. The van der Waals surface area contributed by atoms with Crippen molar-refractivity contribution in [3.63, 3.8) is 0 Å². The van der Waals surface area contributed by atoms with Gasteiger partial charge in [-0.25, -0.2) is 19.5 Å². The Morgan fingerprint density at radius 2 is 2.13 bits per heavy atom. The molecule has 12 nitrogen and oxygen atoms in total. The highest BCUT2D eigenvalue weighted by molar-refractivity contribution is 7.46. The van der Waals surface area contributed by atoms with Crippen LogP contribution in [0.5, 0.6) is 0 Å². The Kier molecular flexibility index (Phi) is 4.06. The molecular weight excluding hydrogens is 338 g/mol. The lowest BCUT2D eigenvalue weighted by Gasteiger charge is -2.19. The van der Waals surface area contributed by atoms with E-state index in [4.69, 9.17) is 20.3 Å². The highest BCUT2D eigenvalue weighted by atomic mass is 31.2. The molecule has 0 spiro atoms. The third kappa shape index (κ3) is 2.93. The number of hydrogen-bond acceptors (Lipinski definition) is 9. The molecule has 0 unspecified atom stereocenters. The van der Waals surface area contributed by atoms with Gasteiger partial charge in [-0.05, 0) is 0 Å². The molecule has 0 aromatic carbocycles. The molecule has 0 amide bonds. The quantitative estimate of drug-likeness (QED) is 0.307.